The molecule has 2 aromatic carbocycles. The summed E-state index contributed by atoms with van der Waals surface area (Å²) < 4.78 is 2.08. The van der Waals surface area contributed by atoms with E-state index in [-0.39, 0.29) is 0 Å². The first kappa shape index (κ1) is 12.1. The highest BCUT2D eigenvalue weighted by Crippen LogP contribution is 2.32. The van der Waals surface area contributed by atoms with Crippen LogP contribution in [-0.2, 0) is 6.54 Å². The van der Waals surface area contributed by atoms with E-state index in [0.717, 1.165) is 31.0 Å². The lowest BCUT2D eigenvalue weighted by molar-refractivity contribution is 0.651. The average molecular weight is 276 g/mol. The zero-order valence-electron chi connectivity index (χ0n) is 11.7. The molecule has 1 aromatic heterocycles. The van der Waals surface area contributed by atoms with Gasteiger partial charge in [-0.1, -0.05) is 30.3 Å². The summed E-state index contributed by atoms with van der Waals surface area (Å²) in [6, 6.07) is 12.7. The van der Waals surface area contributed by atoms with E-state index in [1.54, 1.807) is 0 Å². The molecule has 0 unspecified atom stereocenters. The van der Waals surface area contributed by atoms with Gasteiger partial charge in [-0.15, -0.1) is 0 Å². The van der Waals surface area contributed by atoms with E-state index in [1.807, 2.05) is 18.7 Å². The summed E-state index contributed by atoms with van der Waals surface area (Å²) in [5, 5.41) is 5.98. The number of amidine groups is 1. The number of hydrogen-bond acceptors (Lipinski definition) is 2. The Labute approximate surface area is 123 Å². The van der Waals surface area contributed by atoms with E-state index >= 15 is 0 Å². The Morgan fingerprint density at radius 3 is 2.90 bits per heavy atom. The monoisotopic (exact) mass is 276 g/mol. The van der Waals surface area contributed by atoms with Crippen LogP contribution in [0.25, 0.3) is 10.8 Å². The third-order valence-corrected chi connectivity index (χ3v) is 3.82. The minimum atomic E-state index is 0.810. The second kappa shape index (κ2) is 5.05. The molecular weight excluding hydrogens is 260 g/mol. The predicted molar refractivity (Wildman–Crippen MR) is 85.8 cm³/mol. The van der Waals surface area contributed by atoms with E-state index in [0.29, 0.717) is 0 Å². The number of aromatic nitrogens is 2. The summed E-state index contributed by atoms with van der Waals surface area (Å²) in [6.45, 7) is 1.76. The van der Waals surface area contributed by atoms with Gasteiger partial charge in [0.15, 0.2) is 0 Å². The van der Waals surface area contributed by atoms with Gasteiger partial charge in [-0.05, 0) is 17.9 Å². The Kier molecular flexibility index (Phi) is 2.92. The smallest absolute Gasteiger partial charge is 0.133 e. The van der Waals surface area contributed by atoms with Crippen LogP contribution >= 0.6 is 0 Å². The fourth-order valence-corrected chi connectivity index (χ4v) is 2.83. The first-order valence-electron chi connectivity index (χ1n) is 7.21. The lowest BCUT2D eigenvalue weighted by Gasteiger charge is -2.02. The van der Waals surface area contributed by atoms with Gasteiger partial charge in [-0.25, -0.2) is 4.98 Å². The number of anilines is 1. The SMILES string of the molecule is c1cc2c3c(cccc3c1)C(=NCCCn1ccnc1)N2. The summed E-state index contributed by atoms with van der Waals surface area (Å²) in [6.07, 6.45) is 6.64. The maximum Gasteiger partial charge on any atom is 0.133 e. The fraction of sp³-hybridized carbons (Fsp3) is 0.176. The largest absolute Gasteiger partial charge is 0.339 e. The van der Waals surface area contributed by atoms with Gasteiger partial charge in [-0.2, -0.15) is 0 Å². The van der Waals surface area contributed by atoms with Crippen LogP contribution in [0.3, 0.4) is 0 Å². The summed E-state index contributed by atoms with van der Waals surface area (Å²) in [5.41, 5.74) is 2.38. The Hall–Kier alpha value is -2.62. The topological polar surface area (TPSA) is 42.2 Å². The maximum atomic E-state index is 4.73. The van der Waals surface area contributed by atoms with Crippen LogP contribution in [0.4, 0.5) is 5.69 Å². The number of nitrogens with one attached hydrogen (secondary N) is 1. The van der Waals surface area contributed by atoms with E-state index in [1.165, 1.54) is 16.3 Å². The molecule has 0 saturated heterocycles. The number of imidazole rings is 1. The highest BCUT2D eigenvalue weighted by Gasteiger charge is 2.18. The van der Waals surface area contributed by atoms with Crippen molar-refractivity contribution in [3.63, 3.8) is 0 Å². The number of rotatable bonds is 4. The quantitative estimate of drug-likeness (QED) is 0.743. The molecule has 3 aromatic rings. The molecule has 21 heavy (non-hydrogen) atoms. The minimum absolute atomic E-state index is 0.810. The molecule has 4 heteroatoms. The molecule has 1 aliphatic heterocycles. The van der Waals surface area contributed by atoms with Crippen molar-refractivity contribution in [3.05, 3.63) is 60.7 Å². The number of aliphatic imine (C=N–C) groups is 1. The van der Waals surface area contributed by atoms with E-state index in [2.05, 4.69) is 51.3 Å². The number of aryl methyl sites for hydroxylation is 1. The lowest BCUT2D eigenvalue weighted by Crippen LogP contribution is -2.08. The zero-order chi connectivity index (χ0) is 14.1. The molecule has 0 bridgehead atoms. The van der Waals surface area contributed by atoms with Gasteiger partial charge in [0.1, 0.15) is 5.84 Å². The van der Waals surface area contributed by atoms with Crippen LogP contribution < -0.4 is 5.32 Å². The first-order chi connectivity index (χ1) is 10.4. The van der Waals surface area contributed by atoms with Gasteiger partial charge >= 0.3 is 0 Å². The molecule has 0 amide bonds. The van der Waals surface area contributed by atoms with E-state index in [4.69, 9.17) is 4.99 Å². The van der Waals surface area contributed by atoms with Gasteiger partial charge in [0.05, 0.1) is 6.33 Å². The Morgan fingerprint density at radius 1 is 1.14 bits per heavy atom. The molecule has 1 aliphatic rings. The van der Waals surface area contributed by atoms with Crippen LogP contribution in [0.5, 0.6) is 0 Å². The molecule has 0 saturated carbocycles. The van der Waals surface area contributed by atoms with Crippen molar-refractivity contribution in [2.24, 2.45) is 4.99 Å². The third kappa shape index (κ3) is 2.18. The molecule has 0 fully saturated rings. The molecule has 2 heterocycles. The van der Waals surface area contributed by atoms with Crippen LogP contribution in [0.1, 0.15) is 12.0 Å². The zero-order valence-corrected chi connectivity index (χ0v) is 11.7. The van der Waals surface area contributed by atoms with Gasteiger partial charge in [0.25, 0.3) is 0 Å². The first-order valence-corrected chi connectivity index (χ1v) is 7.21. The predicted octanol–water partition coefficient (Wildman–Crippen LogP) is 3.30. The average Bonchev–Trinajstić information content (AvgIpc) is 3.14. The third-order valence-electron chi connectivity index (χ3n) is 3.82. The van der Waals surface area contributed by atoms with Crippen LogP contribution in [-0.4, -0.2) is 21.9 Å². The second-order valence-electron chi connectivity index (χ2n) is 5.22. The van der Waals surface area contributed by atoms with E-state index in [9.17, 15) is 0 Å². The van der Waals surface area contributed by atoms with Gasteiger partial charge < -0.3 is 9.88 Å². The summed E-state index contributed by atoms with van der Waals surface area (Å²) in [5.74, 6) is 0.993. The fourth-order valence-electron chi connectivity index (χ4n) is 2.83. The van der Waals surface area contributed by atoms with Crippen molar-refractivity contribution in [3.8, 4) is 0 Å². The molecule has 1 N–H and O–H groups in total. The molecule has 0 spiro atoms. The molecule has 4 nitrogen and oxygen atoms in total. The summed E-state index contributed by atoms with van der Waals surface area (Å²) in [7, 11) is 0. The molecule has 0 atom stereocenters. The lowest BCUT2D eigenvalue weighted by atomic mass is 10.1. The number of benzene rings is 2. The summed E-state index contributed by atoms with van der Waals surface area (Å²) in [4.78, 5) is 8.78. The van der Waals surface area contributed by atoms with Crippen molar-refractivity contribution in [1.82, 2.24) is 9.55 Å². The van der Waals surface area contributed by atoms with Crippen LogP contribution in [0.15, 0.2) is 60.1 Å². The minimum Gasteiger partial charge on any atom is -0.339 e. The number of nitrogens with zero attached hydrogens (tertiary/aromatic N) is 3. The van der Waals surface area contributed by atoms with Crippen LogP contribution in [0, 0.1) is 0 Å². The molecule has 0 aliphatic carbocycles. The summed E-state index contributed by atoms with van der Waals surface area (Å²) >= 11 is 0. The van der Waals surface area contributed by atoms with Crippen molar-refractivity contribution < 1.29 is 0 Å². The van der Waals surface area contributed by atoms with Gasteiger partial charge in [0.2, 0.25) is 0 Å². The molecule has 104 valence electrons. The number of hydrogen-bond donors (Lipinski definition) is 1. The van der Waals surface area contributed by atoms with Crippen molar-refractivity contribution in [2.45, 2.75) is 13.0 Å². The Bertz CT molecular complexity index is 798. The molecule has 0 radical (unpaired) electrons. The Morgan fingerprint density at radius 2 is 2.05 bits per heavy atom. The van der Waals surface area contributed by atoms with Gasteiger partial charge in [-0.3, -0.25) is 4.99 Å². The highest BCUT2D eigenvalue weighted by atomic mass is 15.0. The van der Waals surface area contributed by atoms with Crippen molar-refractivity contribution in [2.75, 3.05) is 11.9 Å². The standard InChI is InChI=1S/C17H16N4/c1-4-13-5-2-7-15-16(13)14(6-1)17(20-15)19-8-3-10-21-11-9-18-12-21/h1-2,4-7,9,11-12H,3,8,10H2,(H,19,20). The maximum absolute atomic E-state index is 4.73. The van der Waals surface area contributed by atoms with Crippen LogP contribution in [0.2, 0.25) is 0 Å². The highest BCUT2D eigenvalue weighted by molar-refractivity contribution is 6.25. The van der Waals surface area contributed by atoms with Gasteiger partial charge in [0, 0.05) is 42.1 Å². The molecular formula is C17H16N4. The Balaban J connectivity index is 1.53. The second-order valence-corrected chi connectivity index (χ2v) is 5.22. The molecule has 4 rings (SSSR count). The normalized spacial score (nSPS) is 14.8. The van der Waals surface area contributed by atoms with Crippen molar-refractivity contribution in [1.29, 1.82) is 0 Å². The van der Waals surface area contributed by atoms with Crippen molar-refractivity contribution >= 4 is 22.3 Å². The van der Waals surface area contributed by atoms with E-state index < -0.39 is 0 Å².